The lowest BCUT2D eigenvalue weighted by atomic mass is 10.1. The minimum absolute atomic E-state index is 0.169. The molecule has 0 fully saturated rings. The van der Waals surface area contributed by atoms with E-state index in [0.717, 1.165) is 33.6 Å². The third-order valence-corrected chi connectivity index (χ3v) is 7.01. The van der Waals surface area contributed by atoms with Crippen LogP contribution in [0.5, 0.6) is 5.75 Å². The molecule has 0 amide bonds. The lowest BCUT2D eigenvalue weighted by Crippen LogP contribution is -2.13. The maximum absolute atomic E-state index is 13.2. The van der Waals surface area contributed by atoms with Crippen molar-refractivity contribution in [3.05, 3.63) is 103 Å². The van der Waals surface area contributed by atoms with E-state index in [9.17, 15) is 8.42 Å². The Morgan fingerprint density at radius 1 is 0.853 bits per heavy atom. The number of aryl methyl sites for hydroxylation is 1. The zero-order valence-electron chi connectivity index (χ0n) is 18.8. The van der Waals surface area contributed by atoms with Crippen molar-refractivity contribution in [1.82, 2.24) is 9.38 Å². The van der Waals surface area contributed by atoms with Crippen molar-refractivity contribution in [2.45, 2.75) is 11.8 Å². The Morgan fingerprint density at radius 3 is 2.29 bits per heavy atom. The molecule has 3 aromatic carbocycles. The highest BCUT2D eigenvalue weighted by molar-refractivity contribution is 7.92. The summed E-state index contributed by atoms with van der Waals surface area (Å²) < 4.78 is 36.3. The lowest BCUT2D eigenvalue weighted by molar-refractivity contribution is 0.417. The summed E-state index contributed by atoms with van der Waals surface area (Å²) in [5.74, 6) is 0.424. The first-order valence-electron chi connectivity index (χ1n) is 10.7. The Balaban J connectivity index is 1.46. The van der Waals surface area contributed by atoms with Crippen molar-refractivity contribution >= 4 is 21.4 Å². The molecule has 0 aliphatic heterocycles. The predicted octanol–water partition coefficient (Wildman–Crippen LogP) is 5.79. The maximum atomic E-state index is 13.2. The van der Waals surface area contributed by atoms with Crippen LogP contribution in [-0.2, 0) is 10.0 Å². The largest absolute Gasteiger partial charge is 0.495 e. The van der Waals surface area contributed by atoms with E-state index in [0.29, 0.717) is 11.4 Å². The van der Waals surface area contributed by atoms with E-state index in [4.69, 9.17) is 4.74 Å². The molecule has 2 heterocycles. The standard InChI is InChI=1S/C27H23N3O3S/c1-19-14-15-30-18-25(28-27(30)16-19)22-10-13-26(33-2)24(17-22)29-34(31,32)23-11-8-21(9-12-23)20-6-4-3-5-7-20/h3-18,29H,1-2H3. The minimum Gasteiger partial charge on any atom is -0.495 e. The monoisotopic (exact) mass is 469 g/mol. The van der Waals surface area contributed by atoms with E-state index in [-0.39, 0.29) is 4.90 Å². The van der Waals surface area contributed by atoms with Gasteiger partial charge >= 0.3 is 0 Å². The Kier molecular flexibility index (Phi) is 5.55. The molecule has 0 unspecified atom stereocenters. The number of rotatable bonds is 6. The first-order chi connectivity index (χ1) is 16.4. The van der Waals surface area contributed by atoms with Gasteiger partial charge < -0.3 is 9.14 Å². The van der Waals surface area contributed by atoms with Gasteiger partial charge in [0.2, 0.25) is 0 Å². The molecule has 2 aromatic heterocycles. The van der Waals surface area contributed by atoms with Gasteiger partial charge in [-0.2, -0.15) is 0 Å². The van der Waals surface area contributed by atoms with Gasteiger partial charge in [0.25, 0.3) is 10.0 Å². The molecule has 0 aliphatic carbocycles. The molecule has 5 rings (SSSR count). The number of methoxy groups -OCH3 is 1. The van der Waals surface area contributed by atoms with Crippen LogP contribution in [0.1, 0.15) is 5.56 Å². The van der Waals surface area contributed by atoms with Crippen LogP contribution < -0.4 is 9.46 Å². The maximum Gasteiger partial charge on any atom is 0.262 e. The van der Waals surface area contributed by atoms with E-state index >= 15 is 0 Å². The second kappa shape index (κ2) is 8.68. The van der Waals surface area contributed by atoms with Gasteiger partial charge in [0, 0.05) is 18.0 Å². The molecule has 0 spiro atoms. The number of nitrogens with one attached hydrogen (secondary N) is 1. The smallest absolute Gasteiger partial charge is 0.262 e. The average molecular weight is 470 g/mol. The number of hydrogen-bond acceptors (Lipinski definition) is 4. The quantitative estimate of drug-likeness (QED) is 0.342. The lowest BCUT2D eigenvalue weighted by Gasteiger charge is -2.13. The highest BCUT2D eigenvalue weighted by Crippen LogP contribution is 2.32. The summed E-state index contributed by atoms with van der Waals surface area (Å²) in [6.07, 6.45) is 3.87. The minimum atomic E-state index is -3.83. The zero-order valence-corrected chi connectivity index (χ0v) is 19.6. The van der Waals surface area contributed by atoms with Gasteiger partial charge in [0.15, 0.2) is 0 Å². The number of ether oxygens (including phenoxy) is 1. The van der Waals surface area contributed by atoms with Crippen LogP contribution in [0.25, 0.3) is 28.0 Å². The molecule has 0 aliphatic rings. The first-order valence-corrected chi connectivity index (χ1v) is 12.2. The van der Waals surface area contributed by atoms with Gasteiger partial charge in [-0.05, 0) is 66.1 Å². The highest BCUT2D eigenvalue weighted by atomic mass is 32.2. The van der Waals surface area contributed by atoms with E-state index in [1.54, 1.807) is 36.4 Å². The summed E-state index contributed by atoms with van der Waals surface area (Å²) in [7, 11) is -2.32. The number of hydrogen-bond donors (Lipinski definition) is 1. The second-order valence-corrected chi connectivity index (χ2v) is 9.69. The van der Waals surface area contributed by atoms with Crippen molar-refractivity contribution in [2.24, 2.45) is 0 Å². The molecular formula is C27H23N3O3S. The predicted molar refractivity (Wildman–Crippen MR) is 135 cm³/mol. The van der Waals surface area contributed by atoms with Crippen LogP contribution in [0.15, 0.2) is 102 Å². The summed E-state index contributed by atoms with van der Waals surface area (Å²) in [4.78, 5) is 4.85. The molecule has 0 bridgehead atoms. The van der Waals surface area contributed by atoms with Crippen molar-refractivity contribution < 1.29 is 13.2 Å². The third-order valence-electron chi connectivity index (χ3n) is 5.63. The van der Waals surface area contributed by atoms with Crippen LogP contribution in [0, 0.1) is 6.92 Å². The summed E-state index contributed by atoms with van der Waals surface area (Å²) in [5, 5.41) is 0. The molecule has 5 aromatic rings. The van der Waals surface area contributed by atoms with E-state index in [1.165, 1.54) is 7.11 Å². The van der Waals surface area contributed by atoms with Gasteiger partial charge in [-0.15, -0.1) is 0 Å². The van der Waals surface area contributed by atoms with Crippen molar-refractivity contribution in [2.75, 3.05) is 11.8 Å². The van der Waals surface area contributed by atoms with E-state index in [1.807, 2.05) is 72.2 Å². The number of imidazole rings is 1. The van der Waals surface area contributed by atoms with Gasteiger partial charge in [-0.1, -0.05) is 42.5 Å². The molecule has 0 saturated carbocycles. The van der Waals surface area contributed by atoms with Gasteiger partial charge in [0.1, 0.15) is 11.4 Å². The van der Waals surface area contributed by atoms with Crippen LogP contribution in [0.2, 0.25) is 0 Å². The van der Waals surface area contributed by atoms with Gasteiger partial charge in [-0.25, -0.2) is 13.4 Å². The topological polar surface area (TPSA) is 72.7 Å². The molecule has 0 saturated heterocycles. The Labute approximate surface area is 198 Å². The number of anilines is 1. The fraction of sp³-hybridized carbons (Fsp3) is 0.0741. The molecule has 34 heavy (non-hydrogen) atoms. The Hall–Kier alpha value is -4.10. The molecule has 0 radical (unpaired) electrons. The zero-order chi connectivity index (χ0) is 23.7. The average Bonchev–Trinajstić information content (AvgIpc) is 3.28. The van der Waals surface area contributed by atoms with Crippen LogP contribution in [0.4, 0.5) is 5.69 Å². The molecule has 1 N–H and O–H groups in total. The normalized spacial score (nSPS) is 11.5. The summed E-state index contributed by atoms with van der Waals surface area (Å²) >= 11 is 0. The number of pyridine rings is 1. The number of aromatic nitrogens is 2. The number of benzene rings is 3. The van der Waals surface area contributed by atoms with Crippen LogP contribution in [-0.4, -0.2) is 24.9 Å². The van der Waals surface area contributed by atoms with Crippen molar-refractivity contribution in [1.29, 1.82) is 0 Å². The highest BCUT2D eigenvalue weighted by Gasteiger charge is 2.18. The summed E-state index contributed by atoms with van der Waals surface area (Å²) in [6.45, 7) is 2.01. The van der Waals surface area contributed by atoms with Crippen LogP contribution >= 0.6 is 0 Å². The Morgan fingerprint density at radius 2 is 1.56 bits per heavy atom. The number of nitrogens with zero attached hydrogens (tertiary/aromatic N) is 2. The molecule has 170 valence electrons. The number of fused-ring (bicyclic) bond motifs is 1. The Bertz CT molecular complexity index is 1580. The van der Waals surface area contributed by atoms with Crippen molar-refractivity contribution in [3.8, 4) is 28.1 Å². The third kappa shape index (κ3) is 4.25. The summed E-state index contributed by atoms with van der Waals surface area (Å²) in [6, 6.07) is 26.0. The fourth-order valence-electron chi connectivity index (χ4n) is 3.83. The van der Waals surface area contributed by atoms with Crippen molar-refractivity contribution in [3.63, 3.8) is 0 Å². The summed E-state index contributed by atoms with van der Waals surface area (Å²) in [5.41, 5.74) is 5.77. The molecule has 0 atom stereocenters. The van der Waals surface area contributed by atoms with E-state index in [2.05, 4.69) is 9.71 Å². The first kappa shape index (κ1) is 21.7. The fourth-order valence-corrected chi connectivity index (χ4v) is 4.89. The van der Waals surface area contributed by atoms with Crippen LogP contribution in [0.3, 0.4) is 0 Å². The molecular weight excluding hydrogens is 446 g/mol. The SMILES string of the molecule is COc1ccc(-c2cn3ccc(C)cc3n2)cc1NS(=O)(=O)c1ccc(-c2ccccc2)cc1. The van der Waals surface area contributed by atoms with Gasteiger partial charge in [-0.3, -0.25) is 4.72 Å². The number of sulfonamides is 1. The second-order valence-electron chi connectivity index (χ2n) is 8.01. The molecule has 7 heteroatoms. The molecule has 6 nitrogen and oxygen atoms in total. The van der Waals surface area contributed by atoms with E-state index < -0.39 is 10.0 Å². The van der Waals surface area contributed by atoms with Gasteiger partial charge in [0.05, 0.1) is 23.4 Å².